The van der Waals surface area contributed by atoms with Crippen LogP contribution >= 0.6 is 0 Å². The second-order valence-electron chi connectivity index (χ2n) is 4.47. The monoisotopic (exact) mass is 214 g/mol. The van der Waals surface area contributed by atoms with E-state index in [-0.39, 0.29) is 0 Å². The molecule has 4 nitrogen and oxygen atoms in total. The molecule has 2 fully saturated rings. The van der Waals surface area contributed by atoms with Crippen molar-refractivity contribution in [1.29, 1.82) is 0 Å². The van der Waals surface area contributed by atoms with E-state index in [1.807, 2.05) is 0 Å². The van der Waals surface area contributed by atoms with Crippen LogP contribution < -0.4 is 5.32 Å². The molecule has 2 atom stereocenters. The van der Waals surface area contributed by atoms with Gasteiger partial charge in [0.1, 0.15) is 0 Å². The number of nitrogens with zero attached hydrogens (tertiary/aromatic N) is 1. The summed E-state index contributed by atoms with van der Waals surface area (Å²) in [6.07, 6.45) is 1.95. The highest BCUT2D eigenvalue weighted by Gasteiger charge is 2.19. The van der Waals surface area contributed by atoms with E-state index in [0.29, 0.717) is 12.2 Å². The maximum Gasteiger partial charge on any atom is 0.0712 e. The topological polar surface area (TPSA) is 33.7 Å². The molecule has 0 saturated carbocycles. The van der Waals surface area contributed by atoms with Gasteiger partial charge in [0.15, 0.2) is 0 Å². The van der Waals surface area contributed by atoms with Gasteiger partial charge in [-0.25, -0.2) is 0 Å². The first-order chi connectivity index (χ1) is 7.34. The second kappa shape index (κ2) is 5.80. The predicted molar refractivity (Wildman–Crippen MR) is 59.1 cm³/mol. The number of rotatable bonds is 3. The van der Waals surface area contributed by atoms with Crippen molar-refractivity contribution in [3.63, 3.8) is 0 Å². The third-order valence-corrected chi connectivity index (χ3v) is 3.10. The standard InChI is InChI=1S/C11H22N2O2/c1-10-9-13(5-7-14-10)4-2-11-8-12-3-6-15-11/h10-12H,2-9H2,1H3. The summed E-state index contributed by atoms with van der Waals surface area (Å²) < 4.78 is 11.2. The van der Waals surface area contributed by atoms with Crippen molar-refractivity contribution in [2.24, 2.45) is 0 Å². The van der Waals surface area contributed by atoms with Crippen molar-refractivity contribution in [3.8, 4) is 0 Å². The molecule has 0 aromatic heterocycles. The fourth-order valence-electron chi connectivity index (χ4n) is 2.23. The maximum absolute atomic E-state index is 5.68. The van der Waals surface area contributed by atoms with E-state index in [9.17, 15) is 0 Å². The van der Waals surface area contributed by atoms with E-state index in [0.717, 1.165) is 52.4 Å². The van der Waals surface area contributed by atoms with Gasteiger partial charge in [-0.1, -0.05) is 0 Å². The quantitative estimate of drug-likeness (QED) is 0.722. The summed E-state index contributed by atoms with van der Waals surface area (Å²) in [6, 6.07) is 0. The van der Waals surface area contributed by atoms with Crippen molar-refractivity contribution in [3.05, 3.63) is 0 Å². The summed E-state index contributed by atoms with van der Waals surface area (Å²) in [6.45, 7) is 9.19. The molecule has 2 heterocycles. The summed E-state index contributed by atoms with van der Waals surface area (Å²) in [5, 5.41) is 3.36. The Balaban J connectivity index is 1.63. The fourth-order valence-corrected chi connectivity index (χ4v) is 2.23. The van der Waals surface area contributed by atoms with Crippen molar-refractivity contribution >= 4 is 0 Å². The number of hydrogen-bond donors (Lipinski definition) is 1. The van der Waals surface area contributed by atoms with Gasteiger partial charge in [-0.3, -0.25) is 4.90 Å². The van der Waals surface area contributed by atoms with Gasteiger partial charge in [0.05, 0.1) is 25.4 Å². The number of nitrogens with one attached hydrogen (secondary N) is 1. The van der Waals surface area contributed by atoms with Crippen LogP contribution in [0.2, 0.25) is 0 Å². The summed E-state index contributed by atoms with van der Waals surface area (Å²) in [4.78, 5) is 2.48. The molecular weight excluding hydrogens is 192 g/mol. The number of hydrogen-bond acceptors (Lipinski definition) is 4. The minimum Gasteiger partial charge on any atom is -0.376 e. The average molecular weight is 214 g/mol. The highest BCUT2D eigenvalue weighted by atomic mass is 16.5. The van der Waals surface area contributed by atoms with Gasteiger partial charge in [-0.05, 0) is 13.3 Å². The lowest BCUT2D eigenvalue weighted by Gasteiger charge is -2.32. The predicted octanol–water partition coefficient (Wildman–Crippen LogP) is 0.0856. The third-order valence-electron chi connectivity index (χ3n) is 3.10. The second-order valence-corrected chi connectivity index (χ2v) is 4.47. The fraction of sp³-hybridized carbons (Fsp3) is 1.00. The van der Waals surface area contributed by atoms with Gasteiger partial charge < -0.3 is 14.8 Å². The highest BCUT2D eigenvalue weighted by Crippen LogP contribution is 2.08. The molecule has 0 amide bonds. The van der Waals surface area contributed by atoms with E-state index >= 15 is 0 Å². The zero-order valence-corrected chi connectivity index (χ0v) is 9.58. The lowest BCUT2D eigenvalue weighted by atomic mass is 10.2. The highest BCUT2D eigenvalue weighted by molar-refractivity contribution is 4.72. The van der Waals surface area contributed by atoms with Crippen LogP contribution in [0.3, 0.4) is 0 Å². The zero-order chi connectivity index (χ0) is 10.5. The Morgan fingerprint density at radius 1 is 1.33 bits per heavy atom. The van der Waals surface area contributed by atoms with E-state index in [4.69, 9.17) is 9.47 Å². The Morgan fingerprint density at radius 2 is 2.27 bits per heavy atom. The van der Waals surface area contributed by atoms with Gasteiger partial charge in [0, 0.05) is 32.7 Å². The molecule has 0 aliphatic carbocycles. The molecule has 88 valence electrons. The number of ether oxygens (including phenoxy) is 2. The first-order valence-corrected chi connectivity index (χ1v) is 6.01. The zero-order valence-electron chi connectivity index (χ0n) is 9.58. The van der Waals surface area contributed by atoms with Crippen LogP contribution in [0.1, 0.15) is 13.3 Å². The molecule has 0 aromatic carbocycles. The van der Waals surface area contributed by atoms with Crippen LogP contribution in [0, 0.1) is 0 Å². The van der Waals surface area contributed by atoms with Crippen LogP contribution in [0.15, 0.2) is 0 Å². The van der Waals surface area contributed by atoms with Crippen molar-refractivity contribution < 1.29 is 9.47 Å². The average Bonchev–Trinajstić information content (AvgIpc) is 2.28. The molecular formula is C11H22N2O2. The SMILES string of the molecule is CC1CN(CCC2CNCCO2)CCO1. The van der Waals surface area contributed by atoms with Crippen molar-refractivity contribution in [1.82, 2.24) is 10.2 Å². The van der Waals surface area contributed by atoms with Crippen LogP contribution in [0.5, 0.6) is 0 Å². The van der Waals surface area contributed by atoms with Crippen LogP contribution in [-0.4, -0.2) is 63.0 Å². The molecule has 2 aliphatic rings. The third kappa shape index (κ3) is 3.72. The minimum absolute atomic E-state index is 0.393. The van der Waals surface area contributed by atoms with E-state index < -0.39 is 0 Å². The van der Waals surface area contributed by atoms with E-state index in [1.54, 1.807) is 0 Å². The summed E-state index contributed by atoms with van der Waals surface area (Å²) in [5.74, 6) is 0. The molecule has 15 heavy (non-hydrogen) atoms. The van der Waals surface area contributed by atoms with E-state index in [2.05, 4.69) is 17.1 Å². The number of morpholine rings is 2. The Hall–Kier alpha value is -0.160. The molecule has 0 spiro atoms. The first kappa shape index (κ1) is 11.3. The molecule has 2 rings (SSSR count). The maximum atomic E-state index is 5.68. The minimum atomic E-state index is 0.393. The summed E-state index contributed by atoms with van der Waals surface area (Å²) in [7, 11) is 0. The normalized spacial score (nSPS) is 34.2. The molecule has 0 radical (unpaired) electrons. The smallest absolute Gasteiger partial charge is 0.0712 e. The Morgan fingerprint density at radius 3 is 3.00 bits per heavy atom. The molecule has 4 heteroatoms. The molecule has 0 bridgehead atoms. The van der Waals surface area contributed by atoms with Crippen molar-refractivity contribution in [2.75, 3.05) is 45.9 Å². The lowest BCUT2D eigenvalue weighted by molar-refractivity contribution is -0.0298. The Kier molecular flexibility index (Phi) is 4.38. The van der Waals surface area contributed by atoms with Crippen molar-refractivity contribution in [2.45, 2.75) is 25.6 Å². The van der Waals surface area contributed by atoms with Crippen LogP contribution in [0.25, 0.3) is 0 Å². The molecule has 2 saturated heterocycles. The molecule has 0 aromatic rings. The molecule has 2 aliphatic heterocycles. The van der Waals surface area contributed by atoms with Crippen LogP contribution in [-0.2, 0) is 9.47 Å². The van der Waals surface area contributed by atoms with Gasteiger partial charge in [-0.15, -0.1) is 0 Å². The summed E-state index contributed by atoms with van der Waals surface area (Å²) >= 11 is 0. The molecule has 2 unspecified atom stereocenters. The van der Waals surface area contributed by atoms with Gasteiger partial charge in [0.2, 0.25) is 0 Å². The lowest BCUT2D eigenvalue weighted by Crippen LogP contribution is -2.44. The van der Waals surface area contributed by atoms with Gasteiger partial charge in [0.25, 0.3) is 0 Å². The molecule has 1 N–H and O–H groups in total. The first-order valence-electron chi connectivity index (χ1n) is 6.01. The Labute approximate surface area is 91.9 Å². The van der Waals surface area contributed by atoms with Gasteiger partial charge in [-0.2, -0.15) is 0 Å². The largest absolute Gasteiger partial charge is 0.376 e. The van der Waals surface area contributed by atoms with Crippen LogP contribution in [0.4, 0.5) is 0 Å². The van der Waals surface area contributed by atoms with Gasteiger partial charge >= 0.3 is 0 Å². The van der Waals surface area contributed by atoms with E-state index in [1.165, 1.54) is 0 Å². The summed E-state index contributed by atoms with van der Waals surface area (Å²) in [5.41, 5.74) is 0. The Bertz CT molecular complexity index is 183.